The minimum absolute atomic E-state index is 0.366. The largest absolute Gasteiger partial charge is 0.496 e. The monoisotopic (exact) mass is 348 g/mol. The number of benzene rings is 2. The minimum Gasteiger partial charge on any atom is -0.399 e. The zero-order valence-corrected chi connectivity index (χ0v) is 16.1. The molecule has 1 saturated heterocycles. The van der Waals surface area contributed by atoms with Crippen LogP contribution in [-0.4, -0.2) is 27.9 Å². The van der Waals surface area contributed by atoms with Gasteiger partial charge in [-0.1, -0.05) is 37.3 Å². The average Bonchev–Trinajstić information content (AvgIpc) is 3.08. The topological polar surface area (TPSA) is 36.3 Å². The molecule has 1 aliphatic rings. The van der Waals surface area contributed by atoms with Crippen molar-refractivity contribution in [2.24, 2.45) is 0 Å². The van der Waals surface area contributed by atoms with Gasteiger partial charge in [-0.05, 0) is 45.9 Å². The van der Waals surface area contributed by atoms with Crippen LogP contribution in [0.15, 0.2) is 48.5 Å². The highest BCUT2D eigenvalue weighted by atomic mass is 16.7. The summed E-state index contributed by atoms with van der Waals surface area (Å²) in [5, 5.41) is 0. The first kappa shape index (κ1) is 17.3. The number of hydrogen-bond acceptors (Lipinski definition) is 3. The van der Waals surface area contributed by atoms with Crippen LogP contribution < -0.4 is 5.46 Å². The number of para-hydroxylation sites is 3. The quantitative estimate of drug-likeness (QED) is 0.674. The highest BCUT2D eigenvalue weighted by Gasteiger charge is 2.52. The lowest BCUT2D eigenvalue weighted by atomic mass is 9.77. The Morgan fingerprint density at radius 3 is 2.23 bits per heavy atom. The molecule has 3 aromatic rings. The number of aromatic nitrogens is 2. The fraction of sp³-hybridized carbons (Fsp3) is 0.381. The third-order valence-corrected chi connectivity index (χ3v) is 5.63. The number of imidazole rings is 1. The van der Waals surface area contributed by atoms with Gasteiger partial charge in [0.05, 0.1) is 22.2 Å². The lowest BCUT2D eigenvalue weighted by molar-refractivity contribution is 0.00578. The van der Waals surface area contributed by atoms with Crippen LogP contribution in [0, 0.1) is 0 Å². The summed E-state index contributed by atoms with van der Waals surface area (Å²) in [5.74, 6) is 1.04. The average molecular weight is 348 g/mol. The third-order valence-electron chi connectivity index (χ3n) is 5.63. The summed E-state index contributed by atoms with van der Waals surface area (Å²) in [6.07, 6.45) is 0.854. The summed E-state index contributed by atoms with van der Waals surface area (Å²) in [5.41, 5.74) is 3.48. The van der Waals surface area contributed by atoms with Gasteiger partial charge in [-0.2, -0.15) is 0 Å². The van der Waals surface area contributed by atoms with E-state index in [0.717, 1.165) is 34.4 Å². The van der Waals surface area contributed by atoms with Crippen molar-refractivity contribution in [1.82, 2.24) is 9.55 Å². The van der Waals surface area contributed by atoms with E-state index in [1.54, 1.807) is 0 Å². The molecule has 1 aliphatic heterocycles. The Balaban J connectivity index is 1.89. The van der Waals surface area contributed by atoms with Crippen molar-refractivity contribution in [1.29, 1.82) is 0 Å². The van der Waals surface area contributed by atoms with E-state index in [4.69, 9.17) is 14.3 Å². The first-order valence-corrected chi connectivity index (χ1v) is 9.25. The van der Waals surface area contributed by atoms with E-state index < -0.39 is 7.12 Å². The zero-order valence-electron chi connectivity index (χ0n) is 16.1. The first-order valence-electron chi connectivity index (χ1n) is 9.25. The normalized spacial score (nSPS) is 18.6. The molecule has 0 spiro atoms. The molecule has 4 nitrogen and oxygen atoms in total. The lowest BCUT2D eigenvalue weighted by Crippen LogP contribution is -2.41. The number of hydrogen-bond donors (Lipinski definition) is 0. The molecule has 2 aromatic carbocycles. The van der Waals surface area contributed by atoms with E-state index in [9.17, 15) is 0 Å². The second kappa shape index (κ2) is 5.97. The van der Waals surface area contributed by atoms with Crippen LogP contribution in [0.5, 0.6) is 0 Å². The molecule has 134 valence electrons. The molecule has 1 fully saturated rings. The number of fused-ring (bicyclic) bond motifs is 1. The van der Waals surface area contributed by atoms with Crippen LogP contribution in [-0.2, 0) is 15.7 Å². The lowest BCUT2D eigenvalue weighted by Gasteiger charge is -2.32. The fourth-order valence-corrected chi connectivity index (χ4v) is 3.44. The molecule has 26 heavy (non-hydrogen) atoms. The van der Waals surface area contributed by atoms with Crippen LogP contribution in [0.2, 0.25) is 0 Å². The van der Waals surface area contributed by atoms with Crippen LogP contribution >= 0.6 is 0 Å². The third kappa shape index (κ3) is 2.58. The van der Waals surface area contributed by atoms with Crippen molar-refractivity contribution in [2.75, 3.05) is 0 Å². The molecule has 0 saturated carbocycles. The van der Waals surface area contributed by atoms with E-state index in [2.05, 4.69) is 75.6 Å². The molecule has 4 rings (SSSR count). The van der Waals surface area contributed by atoms with E-state index in [0.29, 0.717) is 0 Å². The number of nitrogens with zero attached hydrogens (tertiary/aromatic N) is 2. The molecule has 1 aromatic heterocycles. The van der Waals surface area contributed by atoms with Gasteiger partial charge in [0.15, 0.2) is 0 Å². The van der Waals surface area contributed by atoms with Gasteiger partial charge >= 0.3 is 7.12 Å². The number of rotatable bonds is 3. The van der Waals surface area contributed by atoms with Crippen molar-refractivity contribution in [3.63, 3.8) is 0 Å². The molecule has 0 atom stereocenters. The van der Waals surface area contributed by atoms with Crippen molar-refractivity contribution in [3.05, 3.63) is 54.4 Å². The first-order chi connectivity index (χ1) is 12.3. The molecule has 0 aliphatic carbocycles. The molecular formula is C21H25BN2O2. The summed E-state index contributed by atoms with van der Waals surface area (Å²) in [6, 6.07) is 16.5. The van der Waals surface area contributed by atoms with E-state index in [1.807, 2.05) is 12.1 Å². The van der Waals surface area contributed by atoms with Gasteiger partial charge in [0.1, 0.15) is 5.82 Å². The van der Waals surface area contributed by atoms with Crippen molar-refractivity contribution in [2.45, 2.75) is 52.2 Å². The Kier molecular flexibility index (Phi) is 3.97. The Labute approximate surface area is 155 Å². The maximum atomic E-state index is 6.32. The van der Waals surface area contributed by atoms with Gasteiger partial charge in [0.2, 0.25) is 0 Å². The SMILES string of the molecule is CCc1nc2ccccc2n1-c1ccccc1B1OC(C)(C)C(C)(C)O1. The van der Waals surface area contributed by atoms with Crippen LogP contribution in [0.1, 0.15) is 40.4 Å². The van der Waals surface area contributed by atoms with Crippen molar-refractivity contribution < 1.29 is 9.31 Å². The molecule has 2 heterocycles. The fourth-order valence-electron chi connectivity index (χ4n) is 3.44. The van der Waals surface area contributed by atoms with Gasteiger partial charge in [-0.15, -0.1) is 0 Å². The smallest absolute Gasteiger partial charge is 0.399 e. The Morgan fingerprint density at radius 2 is 1.54 bits per heavy atom. The molecule has 0 N–H and O–H groups in total. The Hall–Kier alpha value is -2.11. The summed E-state index contributed by atoms with van der Waals surface area (Å²) in [4.78, 5) is 4.81. The Bertz CT molecular complexity index is 946. The van der Waals surface area contributed by atoms with Gasteiger partial charge in [0.25, 0.3) is 0 Å². The molecular weight excluding hydrogens is 323 g/mol. The zero-order chi connectivity index (χ0) is 18.5. The van der Waals surface area contributed by atoms with E-state index in [-0.39, 0.29) is 11.2 Å². The maximum Gasteiger partial charge on any atom is 0.496 e. The molecule has 0 amide bonds. The van der Waals surface area contributed by atoms with Crippen LogP contribution in [0.25, 0.3) is 16.7 Å². The summed E-state index contributed by atoms with van der Waals surface area (Å²) in [6.45, 7) is 10.5. The van der Waals surface area contributed by atoms with E-state index in [1.165, 1.54) is 0 Å². The second-order valence-electron chi connectivity index (χ2n) is 7.85. The standard InChI is InChI=1S/C21H25BN2O2/c1-6-19-23-16-12-8-10-14-18(16)24(19)17-13-9-7-11-15(17)22-25-20(2,3)21(4,5)26-22/h7-14H,6H2,1-5H3. The van der Waals surface area contributed by atoms with Crippen LogP contribution in [0.4, 0.5) is 0 Å². The molecule has 0 bridgehead atoms. The van der Waals surface area contributed by atoms with E-state index >= 15 is 0 Å². The molecule has 5 heteroatoms. The Morgan fingerprint density at radius 1 is 0.923 bits per heavy atom. The highest BCUT2D eigenvalue weighted by Crippen LogP contribution is 2.37. The molecule has 0 radical (unpaired) electrons. The van der Waals surface area contributed by atoms with Gasteiger partial charge in [-0.3, -0.25) is 4.57 Å². The van der Waals surface area contributed by atoms with Gasteiger partial charge in [-0.25, -0.2) is 4.98 Å². The van der Waals surface area contributed by atoms with Gasteiger partial charge in [0, 0.05) is 17.6 Å². The van der Waals surface area contributed by atoms with Gasteiger partial charge < -0.3 is 9.31 Å². The summed E-state index contributed by atoms with van der Waals surface area (Å²) in [7, 11) is -0.401. The minimum atomic E-state index is -0.401. The summed E-state index contributed by atoms with van der Waals surface area (Å²) >= 11 is 0. The maximum absolute atomic E-state index is 6.32. The van der Waals surface area contributed by atoms with Crippen molar-refractivity contribution >= 4 is 23.6 Å². The second-order valence-corrected chi connectivity index (χ2v) is 7.85. The number of aryl methyl sites for hydroxylation is 1. The predicted molar refractivity (Wildman–Crippen MR) is 106 cm³/mol. The van der Waals surface area contributed by atoms with Crippen molar-refractivity contribution in [3.8, 4) is 5.69 Å². The summed E-state index contributed by atoms with van der Waals surface area (Å²) < 4.78 is 14.9. The highest BCUT2D eigenvalue weighted by molar-refractivity contribution is 6.63. The van der Waals surface area contributed by atoms with Crippen LogP contribution in [0.3, 0.4) is 0 Å². The predicted octanol–water partition coefficient (Wildman–Crippen LogP) is 3.89. The molecule has 0 unspecified atom stereocenters.